The molecule has 0 unspecified atom stereocenters. The van der Waals surface area contributed by atoms with Gasteiger partial charge in [0.2, 0.25) is 0 Å². The summed E-state index contributed by atoms with van der Waals surface area (Å²) in [7, 11) is 0. The van der Waals surface area contributed by atoms with Crippen molar-refractivity contribution in [3.05, 3.63) is 54.2 Å². The van der Waals surface area contributed by atoms with Crippen LogP contribution in [0.15, 0.2) is 48.7 Å². The standard InChI is InChI=1S/C14H13N/c1-2-4-12(5-3-1)14-9-8-13(10-15-14)11-6-7-11/h1-5,8-11H,6-7H2. The molecule has 1 heterocycles. The highest BCUT2D eigenvalue weighted by Gasteiger charge is 2.23. The van der Waals surface area contributed by atoms with Crippen molar-refractivity contribution < 1.29 is 0 Å². The van der Waals surface area contributed by atoms with E-state index in [1.165, 1.54) is 24.0 Å². The maximum Gasteiger partial charge on any atom is 0.0702 e. The summed E-state index contributed by atoms with van der Waals surface area (Å²) in [5.74, 6) is 0.794. The largest absolute Gasteiger partial charge is 0.256 e. The van der Waals surface area contributed by atoms with Gasteiger partial charge in [0.15, 0.2) is 0 Å². The lowest BCUT2D eigenvalue weighted by molar-refractivity contribution is 1.10. The molecular formula is C14H13N. The lowest BCUT2D eigenvalue weighted by atomic mass is 10.1. The summed E-state index contributed by atoms with van der Waals surface area (Å²) in [5.41, 5.74) is 3.66. The van der Waals surface area contributed by atoms with Gasteiger partial charge in [0.1, 0.15) is 0 Å². The molecule has 1 aromatic carbocycles. The van der Waals surface area contributed by atoms with E-state index in [-0.39, 0.29) is 0 Å². The first-order valence-electron chi connectivity index (χ1n) is 5.45. The normalized spacial score (nSPS) is 15.2. The lowest BCUT2D eigenvalue weighted by Crippen LogP contribution is -1.85. The molecule has 1 aliphatic carbocycles. The van der Waals surface area contributed by atoms with Crippen LogP contribution in [0.1, 0.15) is 24.3 Å². The highest BCUT2D eigenvalue weighted by atomic mass is 14.7. The van der Waals surface area contributed by atoms with Gasteiger partial charge in [-0.2, -0.15) is 0 Å². The van der Waals surface area contributed by atoms with Gasteiger partial charge in [0, 0.05) is 11.8 Å². The van der Waals surface area contributed by atoms with E-state index in [1.54, 1.807) is 0 Å². The first kappa shape index (κ1) is 8.66. The minimum absolute atomic E-state index is 0.794. The van der Waals surface area contributed by atoms with E-state index in [2.05, 4.69) is 29.2 Å². The molecule has 0 aliphatic heterocycles. The van der Waals surface area contributed by atoms with Gasteiger partial charge in [-0.3, -0.25) is 4.98 Å². The van der Waals surface area contributed by atoms with E-state index in [9.17, 15) is 0 Å². The topological polar surface area (TPSA) is 12.9 Å². The van der Waals surface area contributed by atoms with E-state index in [0.717, 1.165) is 11.6 Å². The van der Waals surface area contributed by atoms with Gasteiger partial charge < -0.3 is 0 Å². The molecule has 2 aromatic rings. The Labute approximate surface area is 89.8 Å². The minimum atomic E-state index is 0.794. The summed E-state index contributed by atoms with van der Waals surface area (Å²) in [5, 5.41) is 0. The molecule has 0 amide bonds. The fourth-order valence-corrected chi connectivity index (χ4v) is 1.84. The van der Waals surface area contributed by atoms with Gasteiger partial charge in [0.25, 0.3) is 0 Å². The van der Waals surface area contributed by atoms with E-state index in [0.29, 0.717) is 0 Å². The molecule has 0 atom stereocenters. The van der Waals surface area contributed by atoms with Crippen LogP contribution in [0.2, 0.25) is 0 Å². The third-order valence-corrected chi connectivity index (χ3v) is 2.90. The van der Waals surface area contributed by atoms with Crippen LogP contribution in [0.5, 0.6) is 0 Å². The van der Waals surface area contributed by atoms with E-state index < -0.39 is 0 Å². The Balaban J connectivity index is 1.93. The van der Waals surface area contributed by atoms with Crippen LogP contribution in [0, 0.1) is 0 Å². The average Bonchev–Trinajstić information content (AvgIpc) is 3.15. The smallest absolute Gasteiger partial charge is 0.0702 e. The Morgan fingerprint density at radius 1 is 0.933 bits per heavy atom. The molecule has 1 saturated carbocycles. The summed E-state index contributed by atoms with van der Waals surface area (Å²) in [6.07, 6.45) is 4.71. The number of benzene rings is 1. The van der Waals surface area contributed by atoms with Crippen LogP contribution in [0.4, 0.5) is 0 Å². The lowest BCUT2D eigenvalue weighted by Gasteiger charge is -2.01. The summed E-state index contributed by atoms with van der Waals surface area (Å²) in [4.78, 5) is 4.51. The van der Waals surface area contributed by atoms with Crippen LogP contribution in [-0.4, -0.2) is 4.98 Å². The Kier molecular flexibility index (Phi) is 2.02. The van der Waals surface area contributed by atoms with Gasteiger partial charge >= 0.3 is 0 Å². The van der Waals surface area contributed by atoms with Crippen molar-refractivity contribution in [3.8, 4) is 11.3 Å². The summed E-state index contributed by atoms with van der Waals surface area (Å²) in [6, 6.07) is 14.7. The zero-order valence-corrected chi connectivity index (χ0v) is 8.56. The molecule has 0 saturated heterocycles. The van der Waals surface area contributed by atoms with Crippen molar-refractivity contribution in [2.24, 2.45) is 0 Å². The molecule has 0 bridgehead atoms. The van der Waals surface area contributed by atoms with Gasteiger partial charge in [-0.1, -0.05) is 36.4 Å². The highest BCUT2D eigenvalue weighted by Crippen LogP contribution is 2.39. The molecule has 0 radical (unpaired) electrons. The van der Waals surface area contributed by atoms with Crippen molar-refractivity contribution >= 4 is 0 Å². The average molecular weight is 195 g/mol. The number of rotatable bonds is 2. The number of pyridine rings is 1. The highest BCUT2D eigenvalue weighted by molar-refractivity contribution is 5.58. The second-order valence-electron chi connectivity index (χ2n) is 4.12. The number of hydrogen-bond donors (Lipinski definition) is 0. The molecule has 3 rings (SSSR count). The third-order valence-electron chi connectivity index (χ3n) is 2.90. The van der Waals surface area contributed by atoms with Crippen molar-refractivity contribution in [1.29, 1.82) is 0 Å². The molecule has 1 fully saturated rings. The van der Waals surface area contributed by atoms with Gasteiger partial charge in [-0.15, -0.1) is 0 Å². The second kappa shape index (κ2) is 3.50. The van der Waals surface area contributed by atoms with Crippen LogP contribution in [-0.2, 0) is 0 Å². The molecule has 74 valence electrons. The Morgan fingerprint density at radius 2 is 1.73 bits per heavy atom. The SMILES string of the molecule is c1ccc(-c2ccc(C3CC3)cn2)cc1. The minimum Gasteiger partial charge on any atom is -0.256 e. The molecule has 0 N–H and O–H groups in total. The predicted molar refractivity (Wildman–Crippen MR) is 61.6 cm³/mol. The molecule has 1 heteroatoms. The van der Waals surface area contributed by atoms with Crippen LogP contribution >= 0.6 is 0 Å². The first-order chi connectivity index (χ1) is 7.43. The number of nitrogens with zero attached hydrogens (tertiary/aromatic N) is 1. The molecular weight excluding hydrogens is 182 g/mol. The van der Waals surface area contributed by atoms with E-state index >= 15 is 0 Å². The first-order valence-corrected chi connectivity index (χ1v) is 5.45. The van der Waals surface area contributed by atoms with E-state index in [4.69, 9.17) is 0 Å². The Hall–Kier alpha value is -1.63. The summed E-state index contributed by atoms with van der Waals surface area (Å²) >= 11 is 0. The molecule has 15 heavy (non-hydrogen) atoms. The maximum atomic E-state index is 4.51. The maximum absolute atomic E-state index is 4.51. The van der Waals surface area contributed by atoms with Crippen LogP contribution < -0.4 is 0 Å². The van der Waals surface area contributed by atoms with Crippen LogP contribution in [0.3, 0.4) is 0 Å². The third kappa shape index (κ3) is 1.78. The van der Waals surface area contributed by atoms with Crippen LogP contribution in [0.25, 0.3) is 11.3 Å². The van der Waals surface area contributed by atoms with Crippen molar-refractivity contribution in [2.75, 3.05) is 0 Å². The van der Waals surface area contributed by atoms with Crippen molar-refractivity contribution in [1.82, 2.24) is 4.98 Å². The molecule has 1 aliphatic rings. The summed E-state index contributed by atoms with van der Waals surface area (Å²) < 4.78 is 0. The van der Waals surface area contributed by atoms with Gasteiger partial charge in [-0.05, 0) is 30.4 Å². The predicted octanol–water partition coefficient (Wildman–Crippen LogP) is 3.63. The quantitative estimate of drug-likeness (QED) is 0.713. The monoisotopic (exact) mass is 195 g/mol. The summed E-state index contributed by atoms with van der Waals surface area (Å²) in [6.45, 7) is 0. The van der Waals surface area contributed by atoms with Crippen molar-refractivity contribution in [2.45, 2.75) is 18.8 Å². The van der Waals surface area contributed by atoms with E-state index in [1.807, 2.05) is 24.4 Å². The molecule has 1 nitrogen and oxygen atoms in total. The van der Waals surface area contributed by atoms with Gasteiger partial charge in [0.05, 0.1) is 5.69 Å². The zero-order valence-electron chi connectivity index (χ0n) is 8.56. The Morgan fingerprint density at radius 3 is 2.33 bits per heavy atom. The zero-order chi connectivity index (χ0) is 10.1. The number of aromatic nitrogens is 1. The fraction of sp³-hybridized carbons (Fsp3) is 0.214. The Bertz CT molecular complexity index is 441. The van der Waals surface area contributed by atoms with Crippen molar-refractivity contribution in [3.63, 3.8) is 0 Å². The van der Waals surface area contributed by atoms with Gasteiger partial charge in [-0.25, -0.2) is 0 Å². The number of hydrogen-bond acceptors (Lipinski definition) is 1. The molecule has 1 aromatic heterocycles. The molecule has 0 spiro atoms. The fourth-order valence-electron chi connectivity index (χ4n) is 1.84. The second-order valence-corrected chi connectivity index (χ2v) is 4.12.